The van der Waals surface area contributed by atoms with Crippen LogP contribution in [0.1, 0.15) is 0 Å². The van der Waals surface area contributed by atoms with Gasteiger partial charge < -0.3 is 5.32 Å². The van der Waals surface area contributed by atoms with Gasteiger partial charge in [0.15, 0.2) is 0 Å². The first-order valence-electron chi connectivity index (χ1n) is 3.45. The Hall–Kier alpha value is -0.960. The van der Waals surface area contributed by atoms with Crippen molar-refractivity contribution in [1.29, 1.82) is 0 Å². The standard InChI is InChI=1S/C7H5IN2O3S/c8-5-1-3-6(4-2-5)9-7(11)10-14(12)13/h1-4H,(H,9,11). The van der Waals surface area contributed by atoms with E-state index in [1.807, 2.05) is 0 Å². The van der Waals surface area contributed by atoms with Crippen molar-refractivity contribution in [2.24, 2.45) is 4.36 Å². The van der Waals surface area contributed by atoms with Gasteiger partial charge in [0.05, 0.1) is 0 Å². The van der Waals surface area contributed by atoms with Gasteiger partial charge >= 0.3 is 16.5 Å². The van der Waals surface area contributed by atoms with E-state index in [0.717, 1.165) is 3.57 Å². The van der Waals surface area contributed by atoms with E-state index in [0.29, 0.717) is 5.69 Å². The van der Waals surface area contributed by atoms with Crippen molar-refractivity contribution >= 4 is 44.8 Å². The Morgan fingerprint density at radius 2 is 1.86 bits per heavy atom. The molecule has 0 fully saturated rings. The van der Waals surface area contributed by atoms with Crippen LogP contribution in [0, 0.1) is 3.57 Å². The summed E-state index contributed by atoms with van der Waals surface area (Å²) in [5.74, 6) is 0. The monoisotopic (exact) mass is 324 g/mol. The number of hydrogen-bond donors (Lipinski definition) is 1. The van der Waals surface area contributed by atoms with Crippen LogP contribution in [0.3, 0.4) is 0 Å². The number of rotatable bonds is 1. The second kappa shape index (κ2) is 5.05. The van der Waals surface area contributed by atoms with Crippen LogP contribution in [0.5, 0.6) is 0 Å². The fraction of sp³-hybridized carbons (Fsp3) is 0. The van der Waals surface area contributed by atoms with Gasteiger partial charge in [-0.1, -0.05) is 4.36 Å². The zero-order valence-corrected chi connectivity index (χ0v) is 9.74. The van der Waals surface area contributed by atoms with Gasteiger partial charge in [0.1, 0.15) is 0 Å². The lowest BCUT2D eigenvalue weighted by atomic mass is 10.3. The molecule has 74 valence electrons. The summed E-state index contributed by atoms with van der Waals surface area (Å²) < 4.78 is 23.8. The molecular weight excluding hydrogens is 319 g/mol. The minimum atomic E-state index is -2.71. The first kappa shape index (κ1) is 11.1. The quantitative estimate of drug-likeness (QED) is 0.802. The van der Waals surface area contributed by atoms with Crippen LogP contribution in [-0.4, -0.2) is 14.4 Å². The van der Waals surface area contributed by atoms with E-state index in [1.54, 1.807) is 24.3 Å². The van der Waals surface area contributed by atoms with E-state index in [4.69, 9.17) is 0 Å². The normalized spacial score (nSPS) is 9.21. The second-order valence-corrected chi connectivity index (χ2v) is 4.11. The molecule has 0 aliphatic heterocycles. The lowest BCUT2D eigenvalue weighted by molar-refractivity contribution is 0.260. The lowest BCUT2D eigenvalue weighted by Gasteiger charge is -1.99. The Morgan fingerprint density at radius 1 is 1.29 bits per heavy atom. The Morgan fingerprint density at radius 3 is 2.36 bits per heavy atom. The predicted molar refractivity (Wildman–Crippen MR) is 59.5 cm³/mol. The number of benzene rings is 1. The Bertz CT molecular complexity index is 458. The molecule has 1 aromatic rings. The molecule has 14 heavy (non-hydrogen) atoms. The Labute approximate surface area is 95.4 Å². The average Bonchev–Trinajstić information content (AvgIpc) is 2.07. The first-order chi connectivity index (χ1) is 6.58. The predicted octanol–water partition coefficient (Wildman–Crippen LogP) is 1.89. The molecule has 0 spiro atoms. The molecule has 0 atom stereocenters. The highest BCUT2D eigenvalue weighted by molar-refractivity contribution is 14.1. The van der Waals surface area contributed by atoms with E-state index < -0.39 is 16.5 Å². The number of amides is 2. The lowest BCUT2D eigenvalue weighted by Crippen LogP contribution is -2.05. The molecule has 0 unspecified atom stereocenters. The molecule has 5 nitrogen and oxygen atoms in total. The molecule has 1 N–H and O–H groups in total. The topological polar surface area (TPSA) is 75.6 Å². The maximum absolute atomic E-state index is 10.8. The largest absolute Gasteiger partial charge is 0.360 e. The van der Waals surface area contributed by atoms with Crippen molar-refractivity contribution in [3.8, 4) is 0 Å². The minimum Gasteiger partial charge on any atom is -0.305 e. The second-order valence-electron chi connectivity index (χ2n) is 2.25. The highest BCUT2D eigenvalue weighted by Gasteiger charge is 1.99. The van der Waals surface area contributed by atoms with Gasteiger partial charge in [-0.15, -0.1) is 0 Å². The number of hydrogen-bond acceptors (Lipinski definition) is 3. The number of nitrogens with zero attached hydrogens (tertiary/aromatic N) is 1. The Kier molecular flexibility index (Phi) is 4.01. The zero-order chi connectivity index (χ0) is 10.6. The number of nitrogens with one attached hydrogen (secondary N) is 1. The van der Waals surface area contributed by atoms with Gasteiger partial charge in [-0.2, -0.15) is 8.42 Å². The first-order valence-corrected chi connectivity index (χ1v) is 5.56. The Balaban J connectivity index is 2.75. The van der Waals surface area contributed by atoms with E-state index in [1.165, 1.54) is 0 Å². The number of carbonyl (C=O) groups is 1. The van der Waals surface area contributed by atoms with Crippen molar-refractivity contribution < 1.29 is 13.2 Å². The molecule has 0 radical (unpaired) electrons. The molecule has 0 saturated heterocycles. The highest BCUT2D eigenvalue weighted by Crippen LogP contribution is 2.10. The van der Waals surface area contributed by atoms with Crippen LogP contribution >= 0.6 is 22.6 Å². The maximum atomic E-state index is 10.8. The molecule has 0 bridgehead atoms. The maximum Gasteiger partial charge on any atom is 0.360 e. The number of halogens is 1. The van der Waals surface area contributed by atoms with Crippen LogP contribution in [0.15, 0.2) is 28.6 Å². The average molecular weight is 324 g/mol. The SMILES string of the molecule is O=C(N=S(=O)=O)Nc1ccc(I)cc1. The molecule has 1 aromatic carbocycles. The number of urea groups is 1. The third-order valence-corrected chi connectivity index (χ3v) is 2.29. The van der Waals surface area contributed by atoms with Crippen LogP contribution in [0.2, 0.25) is 0 Å². The molecule has 7 heteroatoms. The van der Waals surface area contributed by atoms with Gasteiger partial charge in [-0.05, 0) is 46.9 Å². The van der Waals surface area contributed by atoms with E-state index in [9.17, 15) is 13.2 Å². The third-order valence-electron chi connectivity index (χ3n) is 1.25. The van der Waals surface area contributed by atoms with E-state index in [2.05, 4.69) is 32.3 Å². The third kappa shape index (κ3) is 3.83. The summed E-state index contributed by atoms with van der Waals surface area (Å²) in [4.78, 5) is 10.8. The molecule has 0 aliphatic carbocycles. The van der Waals surface area contributed by atoms with E-state index in [-0.39, 0.29) is 0 Å². The molecule has 1 rings (SSSR count). The summed E-state index contributed by atoms with van der Waals surface area (Å²) in [6, 6.07) is 5.97. The van der Waals surface area contributed by atoms with Gasteiger partial charge in [0, 0.05) is 9.26 Å². The smallest absolute Gasteiger partial charge is 0.305 e. The summed E-state index contributed by atoms with van der Waals surface area (Å²) in [5.41, 5.74) is 0.504. The minimum absolute atomic E-state index is 0.504. The summed E-state index contributed by atoms with van der Waals surface area (Å²) in [7, 11) is -2.71. The molecule has 2 amide bonds. The van der Waals surface area contributed by atoms with Crippen molar-refractivity contribution in [3.05, 3.63) is 27.8 Å². The molecule has 0 aliphatic rings. The van der Waals surface area contributed by atoms with Crippen molar-refractivity contribution in [1.82, 2.24) is 0 Å². The van der Waals surface area contributed by atoms with Crippen molar-refractivity contribution in [2.45, 2.75) is 0 Å². The van der Waals surface area contributed by atoms with Crippen LogP contribution in [0.25, 0.3) is 0 Å². The summed E-state index contributed by atoms with van der Waals surface area (Å²) in [6.45, 7) is 0. The highest BCUT2D eigenvalue weighted by atomic mass is 127. The van der Waals surface area contributed by atoms with Crippen LogP contribution in [-0.2, 0) is 10.5 Å². The van der Waals surface area contributed by atoms with Gasteiger partial charge in [-0.3, -0.25) is 0 Å². The summed E-state index contributed by atoms with van der Waals surface area (Å²) >= 11 is 2.12. The molecule has 0 heterocycles. The molecular formula is C7H5IN2O3S. The number of anilines is 1. The van der Waals surface area contributed by atoms with Gasteiger partial charge in [0.25, 0.3) is 0 Å². The van der Waals surface area contributed by atoms with Gasteiger partial charge in [-0.25, -0.2) is 4.79 Å². The fourth-order valence-electron chi connectivity index (χ4n) is 0.747. The summed E-state index contributed by atoms with van der Waals surface area (Å²) in [5, 5.41) is 2.30. The number of carbonyl (C=O) groups excluding carboxylic acids is 1. The fourth-order valence-corrected chi connectivity index (χ4v) is 1.29. The zero-order valence-electron chi connectivity index (χ0n) is 6.77. The van der Waals surface area contributed by atoms with Crippen molar-refractivity contribution in [3.63, 3.8) is 0 Å². The summed E-state index contributed by atoms with van der Waals surface area (Å²) in [6.07, 6.45) is 0. The van der Waals surface area contributed by atoms with Crippen LogP contribution < -0.4 is 5.32 Å². The van der Waals surface area contributed by atoms with Gasteiger partial charge in [0.2, 0.25) is 0 Å². The molecule has 0 saturated carbocycles. The molecule has 0 aromatic heterocycles. The van der Waals surface area contributed by atoms with Crippen molar-refractivity contribution in [2.75, 3.05) is 5.32 Å². The van der Waals surface area contributed by atoms with Crippen LogP contribution in [0.4, 0.5) is 10.5 Å². The van der Waals surface area contributed by atoms with E-state index >= 15 is 0 Å².